The number of nitrogen functional groups attached to an aromatic ring is 1. The summed E-state index contributed by atoms with van der Waals surface area (Å²) in [6.45, 7) is 4.74. The van der Waals surface area contributed by atoms with Crippen molar-refractivity contribution < 1.29 is 24.9 Å². The van der Waals surface area contributed by atoms with Crippen molar-refractivity contribution in [3.05, 3.63) is 29.3 Å². The zero-order valence-electron chi connectivity index (χ0n) is 13.0. The first-order valence-electron chi connectivity index (χ1n) is 6.96. The van der Waals surface area contributed by atoms with Crippen LogP contribution < -0.4 is 11.1 Å². The van der Waals surface area contributed by atoms with Gasteiger partial charge in [0.2, 0.25) is 0 Å². The fraction of sp³-hybridized carbons (Fsp3) is 0.533. The van der Waals surface area contributed by atoms with Gasteiger partial charge in [-0.05, 0) is 38.5 Å². The Morgan fingerprint density at radius 1 is 1.36 bits per heavy atom. The number of nitrogens with one attached hydrogen (secondary N) is 1. The summed E-state index contributed by atoms with van der Waals surface area (Å²) in [7, 11) is 0. The molecule has 1 aromatic carbocycles. The van der Waals surface area contributed by atoms with Crippen LogP contribution >= 0.6 is 0 Å². The van der Waals surface area contributed by atoms with Crippen LogP contribution in [0.5, 0.6) is 0 Å². The predicted octanol–water partition coefficient (Wildman–Crippen LogP) is 0.680. The van der Waals surface area contributed by atoms with Crippen molar-refractivity contribution in [3.8, 4) is 0 Å². The van der Waals surface area contributed by atoms with E-state index < -0.39 is 23.9 Å². The van der Waals surface area contributed by atoms with Gasteiger partial charge in [-0.15, -0.1) is 0 Å². The molecule has 0 radical (unpaired) electrons. The number of aliphatic hydroxyl groups is 3. The lowest BCUT2D eigenvalue weighted by Gasteiger charge is -2.22. The second kappa shape index (κ2) is 7.44. The molecule has 0 spiro atoms. The number of hydrogen-bond donors (Lipinski definition) is 5. The molecule has 22 heavy (non-hydrogen) atoms. The lowest BCUT2D eigenvalue weighted by molar-refractivity contribution is 0.0129. The maximum absolute atomic E-state index is 11.5. The number of aliphatic hydroxyl groups excluding tert-OH is 3. The number of hydrogen-bond acceptors (Lipinski definition) is 6. The molecule has 1 rings (SSSR count). The Balaban J connectivity index is 2.62. The van der Waals surface area contributed by atoms with E-state index in [-0.39, 0.29) is 13.2 Å². The van der Waals surface area contributed by atoms with E-state index in [9.17, 15) is 15.0 Å². The largest absolute Gasteiger partial charge is 0.444 e. The van der Waals surface area contributed by atoms with Gasteiger partial charge in [0.05, 0.1) is 6.61 Å². The molecule has 0 bridgehead atoms. The summed E-state index contributed by atoms with van der Waals surface area (Å²) in [5.74, 6) is 0. The average molecular weight is 312 g/mol. The number of carbonyl (C=O) groups is 1. The number of ether oxygens (including phenoxy) is 1. The minimum Gasteiger partial charge on any atom is -0.444 e. The molecule has 0 aliphatic carbocycles. The zero-order chi connectivity index (χ0) is 16.9. The van der Waals surface area contributed by atoms with Gasteiger partial charge in [-0.2, -0.15) is 0 Å². The molecule has 7 heteroatoms. The molecule has 0 aliphatic heterocycles. The van der Waals surface area contributed by atoms with Crippen molar-refractivity contribution in [2.24, 2.45) is 0 Å². The molecule has 1 aromatic rings. The Morgan fingerprint density at radius 3 is 2.55 bits per heavy atom. The van der Waals surface area contributed by atoms with Crippen LogP contribution in [-0.4, -0.2) is 39.7 Å². The number of benzene rings is 1. The number of amides is 1. The molecule has 0 aromatic heterocycles. The van der Waals surface area contributed by atoms with Crippen molar-refractivity contribution in [1.29, 1.82) is 0 Å². The fourth-order valence-electron chi connectivity index (χ4n) is 1.78. The van der Waals surface area contributed by atoms with Gasteiger partial charge in [-0.1, -0.05) is 6.07 Å². The first-order chi connectivity index (χ1) is 10.1. The van der Waals surface area contributed by atoms with E-state index in [1.807, 2.05) is 0 Å². The number of carbonyl (C=O) groups excluding carboxylic acids is 1. The van der Waals surface area contributed by atoms with Crippen LogP contribution in [0.25, 0.3) is 0 Å². The summed E-state index contributed by atoms with van der Waals surface area (Å²) >= 11 is 0. The fourth-order valence-corrected chi connectivity index (χ4v) is 1.78. The Hall–Kier alpha value is -1.83. The molecule has 124 valence electrons. The van der Waals surface area contributed by atoms with E-state index in [0.717, 1.165) is 0 Å². The molecule has 0 aliphatic rings. The molecule has 2 atom stereocenters. The van der Waals surface area contributed by atoms with Crippen LogP contribution in [0.15, 0.2) is 18.2 Å². The summed E-state index contributed by atoms with van der Waals surface area (Å²) in [6, 6.07) is 4.60. The van der Waals surface area contributed by atoms with Gasteiger partial charge in [0.25, 0.3) is 0 Å². The highest BCUT2D eigenvalue weighted by Gasteiger charge is 2.22. The lowest BCUT2D eigenvalue weighted by atomic mass is 10.0. The highest BCUT2D eigenvalue weighted by atomic mass is 16.6. The third-order valence-electron chi connectivity index (χ3n) is 2.90. The van der Waals surface area contributed by atoms with Gasteiger partial charge >= 0.3 is 6.09 Å². The first-order valence-corrected chi connectivity index (χ1v) is 6.96. The molecule has 0 heterocycles. The summed E-state index contributed by atoms with van der Waals surface area (Å²) in [6.07, 6.45) is -3.12. The third kappa shape index (κ3) is 5.51. The van der Waals surface area contributed by atoms with Gasteiger partial charge in [-0.25, -0.2) is 4.79 Å². The van der Waals surface area contributed by atoms with E-state index >= 15 is 0 Å². The van der Waals surface area contributed by atoms with Gasteiger partial charge < -0.3 is 31.1 Å². The summed E-state index contributed by atoms with van der Waals surface area (Å²) in [5.41, 5.74) is 6.28. The zero-order valence-corrected chi connectivity index (χ0v) is 13.0. The Morgan fingerprint density at radius 2 is 2.00 bits per heavy atom. The highest BCUT2D eigenvalue weighted by molar-refractivity contribution is 5.67. The van der Waals surface area contributed by atoms with Gasteiger partial charge in [-0.3, -0.25) is 0 Å². The minimum absolute atomic E-state index is 0.172. The van der Waals surface area contributed by atoms with E-state index in [1.165, 1.54) is 12.1 Å². The van der Waals surface area contributed by atoms with Crippen molar-refractivity contribution in [2.75, 3.05) is 12.3 Å². The molecule has 0 fully saturated rings. The summed E-state index contributed by atoms with van der Waals surface area (Å²) in [5, 5.41) is 31.6. The molecular formula is C15H24N2O5. The summed E-state index contributed by atoms with van der Waals surface area (Å²) < 4.78 is 5.03. The van der Waals surface area contributed by atoms with Crippen LogP contribution in [0.4, 0.5) is 10.5 Å². The van der Waals surface area contributed by atoms with Crippen molar-refractivity contribution >= 4 is 11.8 Å². The van der Waals surface area contributed by atoms with Crippen LogP contribution in [0, 0.1) is 0 Å². The van der Waals surface area contributed by atoms with Crippen LogP contribution in [0.2, 0.25) is 0 Å². The summed E-state index contributed by atoms with van der Waals surface area (Å²) in [4.78, 5) is 11.5. The second-order valence-electron chi connectivity index (χ2n) is 6.01. The van der Waals surface area contributed by atoms with Gasteiger partial charge in [0.15, 0.2) is 0 Å². The third-order valence-corrected chi connectivity index (χ3v) is 2.90. The topological polar surface area (TPSA) is 125 Å². The van der Waals surface area contributed by atoms with Gasteiger partial charge in [0.1, 0.15) is 17.8 Å². The lowest BCUT2D eigenvalue weighted by Crippen LogP contribution is -2.38. The maximum Gasteiger partial charge on any atom is 0.407 e. The molecule has 0 saturated carbocycles. The molecular weight excluding hydrogens is 288 g/mol. The van der Waals surface area contributed by atoms with Crippen LogP contribution in [0.1, 0.15) is 38.0 Å². The number of rotatable bonds is 5. The quantitative estimate of drug-likeness (QED) is 0.509. The van der Waals surface area contributed by atoms with E-state index in [4.69, 9.17) is 15.6 Å². The standard InChI is InChI=1S/C15H24N2O5/c1-15(2,3)22-14(21)17-7-12(19)13(20)9-4-5-11(16)10(6-9)8-18/h4-6,12-13,18-20H,7-8,16H2,1-3H3,(H,17,21). The Kier molecular flexibility index (Phi) is 6.16. The van der Waals surface area contributed by atoms with Crippen molar-refractivity contribution in [1.82, 2.24) is 5.32 Å². The normalized spacial score (nSPS) is 14.3. The average Bonchev–Trinajstić information content (AvgIpc) is 2.42. The first kappa shape index (κ1) is 18.2. The van der Waals surface area contributed by atoms with E-state index in [0.29, 0.717) is 16.8 Å². The highest BCUT2D eigenvalue weighted by Crippen LogP contribution is 2.22. The maximum atomic E-state index is 11.5. The van der Waals surface area contributed by atoms with E-state index in [2.05, 4.69) is 5.32 Å². The Labute approximate surface area is 129 Å². The number of anilines is 1. The monoisotopic (exact) mass is 312 g/mol. The predicted molar refractivity (Wildman–Crippen MR) is 82.0 cm³/mol. The molecule has 1 amide bonds. The van der Waals surface area contributed by atoms with E-state index in [1.54, 1.807) is 26.8 Å². The minimum atomic E-state index is -1.22. The van der Waals surface area contributed by atoms with Crippen LogP contribution in [0.3, 0.4) is 0 Å². The number of alkyl carbamates (subject to hydrolysis) is 1. The molecule has 6 N–H and O–H groups in total. The Bertz CT molecular complexity index is 513. The van der Waals surface area contributed by atoms with Gasteiger partial charge in [0, 0.05) is 17.8 Å². The van der Waals surface area contributed by atoms with Crippen molar-refractivity contribution in [2.45, 2.75) is 45.2 Å². The van der Waals surface area contributed by atoms with Crippen molar-refractivity contribution in [3.63, 3.8) is 0 Å². The molecule has 2 unspecified atom stereocenters. The number of nitrogens with two attached hydrogens (primary N) is 1. The molecule has 7 nitrogen and oxygen atoms in total. The smallest absolute Gasteiger partial charge is 0.407 e. The SMILES string of the molecule is CC(C)(C)OC(=O)NCC(O)C(O)c1ccc(N)c(CO)c1. The van der Waals surface area contributed by atoms with Crippen LogP contribution in [-0.2, 0) is 11.3 Å². The second-order valence-corrected chi connectivity index (χ2v) is 6.01. The molecule has 0 saturated heterocycles.